The second-order valence-corrected chi connectivity index (χ2v) is 6.35. The first-order chi connectivity index (χ1) is 9.31. The molecule has 1 fully saturated rings. The van der Waals surface area contributed by atoms with E-state index in [-0.39, 0.29) is 0 Å². The van der Waals surface area contributed by atoms with E-state index >= 15 is 0 Å². The lowest BCUT2D eigenvalue weighted by molar-refractivity contribution is 0.754. The first-order valence-corrected chi connectivity index (χ1v) is 7.76. The summed E-state index contributed by atoms with van der Waals surface area (Å²) in [6.07, 6.45) is 7.07. The molecule has 98 valence electrons. The molecule has 0 unspecified atom stereocenters. The minimum atomic E-state index is 0.773. The Kier molecular flexibility index (Phi) is 4.02. The molecular weight excluding hydrogens is 274 g/mol. The summed E-state index contributed by atoms with van der Waals surface area (Å²) in [6, 6.07) is 13.1. The van der Waals surface area contributed by atoms with E-state index in [4.69, 9.17) is 11.6 Å². The molecule has 2 aromatic rings. The van der Waals surface area contributed by atoms with Crippen molar-refractivity contribution >= 4 is 29.0 Å². The number of hydrogen-bond acceptors (Lipinski definition) is 2. The molecule has 0 atom stereocenters. The maximum absolute atomic E-state index is 6.02. The lowest BCUT2D eigenvalue weighted by Crippen LogP contribution is -2.15. The second-order valence-electron chi connectivity index (χ2n) is 4.80. The number of rotatable bonds is 5. The van der Waals surface area contributed by atoms with Gasteiger partial charge >= 0.3 is 0 Å². The number of nitrogens with one attached hydrogen (secondary N) is 1. The third kappa shape index (κ3) is 3.69. The molecule has 3 rings (SSSR count). The lowest BCUT2D eigenvalue weighted by atomic mass is 10.2. The van der Waals surface area contributed by atoms with Crippen LogP contribution in [-0.4, -0.2) is 12.6 Å². The van der Waals surface area contributed by atoms with E-state index in [9.17, 15) is 0 Å². The van der Waals surface area contributed by atoms with Gasteiger partial charge in [-0.2, -0.15) is 0 Å². The molecule has 19 heavy (non-hydrogen) atoms. The van der Waals surface area contributed by atoms with Crippen molar-refractivity contribution in [2.45, 2.75) is 18.9 Å². The van der Waals surface area contributed by atoms with Crippen molar-refractivity contribution in [1.29, 1.82) is 0 Å². The van der Waals surface area contributed by atoms with Gasteiger partial charge in [-0.25, -0.2) is 0 Å². The van der Waals surface area contributed by atoms with Crippen LogP contribution in [0, 0.1) is 0 Å². The van der Waals surface area contributed by atoms with E-state index < -0.39 is 0 Å². The molecule has 1 nitrogen and oxygen atoms in total. The topological polar surface area (TPSA) is 12.0 Å². The van der Waals surface area contributed by atoms with E-state index in [1.54, 1.807) is 11.3 Å². The van der Waals surface area contributed by atoms with Crippen LogP contribution < -0.4 is 5.32 Å². The van der Waals surface area contributed by atoms with Gasteiger partial charge in [-0.05, 0) is 48.7 Å². The molecule has 0 spiro atoms. The lowest BCUT2D eigenvalue weighted by Gasteiger charge is -1.97. The first-order valence-electron chi connectivity index (χ1n) is 6.57. The second kappa shape index (κ2) is 5.91. The summed E-state index contributed by atoms with van der Waals surface area (Å²) in [7, 11) is 0. The summed E-state index contributed by atoms with van der Waals surface area (Å²) in [4.78, 5) is 2.55. The van der Waals surface area contributed by atoms with Gasteiger partial charge in [0.15, 0.2) is 0 Å². The normalized spacial score (nSPS) is 15.2. The van der Waals surface area contributed by atoms with Gasteiger partial charge in [0.25, 0.3) is 0 Å². The zero-order valence-corrected chi connectivity index (χ0v) is 12.2. The summed E-state index contributed by atoms with van der Waals surface area (Å²) in [5.74, 6) is 0. The Morgan fingerprint density at radius 2 is 2.16 bits per heavy atom. The molecule has 1 aliphatic carbocycles. The molecule has 1 aromatic heterocycles. The van der Waals surface area contributed by atoms with Crippen molar-refractivity contribution in [3.63, 3.8) is 0 Å². The predicted octanol–water partition coefficient (Wildman–Crippen LogP) is 4.83. The van der Waals surface area contributed by atoms with E-state index in [2.05, 4.69) is 35.7 Å². The number of thiophene rings is 1. The van der Waals surface area contributed by atoms with Crippen LogP contribution in [0.4, 0.5) is 0 Å². The van der Waals surface area contributed by atoms with E-state index in [0.29, 0.717) is 0 Å². The average Bonchev–Trinajstić information content (AvgIpc) is 3.11. The molecule has 1 aliphatic rings. The van der Waals surface area contributed by atoms with Gasteiger partial charge in [-0.1, -0.05) is 29.8 Å². The van der Waals surface area contributed by atoms with Gasteiger partial charge in [0, 0.05) is 27.4 Å². The van der Waals surface area contributed by atoms with Crippen molar-refractivity contribution in [3.8, 4) is 10.4 Å². The molecule has 3 heteroatoms. The van der Waals surface area contributed by atoms with Gasteiger partial charge in [0.05, 0.1) is 0 Å². The minimum Gasteiger partial charge on any atom is -0.311 e. The van der Waals surface area contributed by atoms with Crippen molar-refractivity contribution in [3.05, 3.63) is 52.4 Å². The van der Waals surface area contributed by atoms with Crippen LogP contribution in [0.2, 0.25) is 5.02 Å². The first kappa shape index (κ1) is 12.9. The number of halogens is 1. The molecule has 0 saturated heterocycles. The summed E-state index contributed by atoms with van der Waals surface area (Å²) < 4.78 is 0. The van der Waals surface area contributed by atoms with Crippen molar-refractivity contribution in [1.82, 2.24) is 5.32 Å². The fraction of sp³-hybridized carbons (Fsp3) is 0.250. The SMILES string of the molecule is Clc1cccc(-c2ccc(C=CCNC3CC3)s2)c1. The van der Waals surface area contributed by atoms with Gasteiger partial charge in [-0.15, -0.1) is 11.3 Å². The molecule has 0 amide bonds. The van der Waals surface area contributed by atoms with E-state index in [1.807, 2.05) is 18.2 Å². The molecule has 1 aromatic carbocycles. The van der Waals surface area contributed by atoms with E-state index in [0.717, 1.165) is 17.6 Å². The summed E-state index contributed by atoms with van der Waals surface area (Å²) in [6.45, 7) is 0.967. The van der Waals surface area contributed by atoms with Crippen LogP contribution in [0.3, 0.4) is 0 Å². The Balaban J connectivity index is 1.65. The zero-order chi connectivity index (χ0) is 13.1. The van der Waals surface area contributed by atoms with Crippen LogP contribution in [0.5, 0.6) is 0 Å². The molecule has 0 bridgehead atoms. The maximum Gasteiger partial charge on any atom is 0.0412 e. The molecule has 0 aliphatic heterocycles. The number of benzene rings is 1. The highest BCUT2D eigenvalue weighted by Gasteiger charge is 2.18. The van der Waals surface area contributed by atoms with Gasteiger partial charge in [0.1, 0.15) is 0 Å². The Morgan fingerprint density at radius 3 is 2.95 bits per heavy atom. The molecule has 0 radical (unpaired) electrons. The predicted molar refractivity (Wildman–Crippen MR) is 84.8 cm³/mol. The Labute approximate surface area is 122 Å². The van der Waals surface area contributed by atoms with E-state index in [1.165, 1.54) is 28.2 Å². The van der Waals surface area contributed by atoms with Gasteiger partial charge < -0.3 is 5.32 Å². The molecular formula is C16H16ClNS. The maximum atomic E-state index is 6.02. The van der Waals surface area contributed by atoms with Crippen LogP contribution in [-0.2, 0) is 0 Å². The summed E-state index contributed by atoms with van der Waals surface area (Å²) in [5, 5.41) is 4.26. The van der Waals surface area contributed by atoms with Crippen molar-refractivity contribution in [2.75, 3.05) is 6.54 Å². The largest absolute Gasteiger partial charge is 0.311 e. The quantitative estimate of drug-likeness (QED) is 0.831. The fourth-order valence-corrected chi connectivity index (χ4v) is 3.06. The fourth-order valence-electron chi connectivity index (χ4n) is 1.94. The third-order valence-electron chi connectivity index (χ3n) is 3.12. The smallest absolute Gasteiger partial charge is 0.0412 e. The number of hydrogen-bond donors (Lipinski definition) is 1. The highest BCUT2D eigenvalue weighted by Crippen LogP contribution is 2.30. The third-order valence-corrected chi connectivity index (χ3v) is 4.45. The van der Waals surface area contributed by atoms with Crippen LogP contribution in [0.25, 0.3) is 16.5 Å². The zero-order valence-electron chi connectivity index (χ0n) is 10.6. The molecule has 1 heterocycles. The molecule has 1 saturated carbocycles. The van der Waals surface area contributed by atoms with Crippen molar-refractivity contribution < 1.29 is 0 Å². The Bertz CT molecular complexity index is 584. The monoisotopic (exact) mass is 289 g/mol. The standard InChI is InChI=1S/C16H16ClNS/c17-13-4-1-3-12(11-13)16-9-8-15(19-16)5-2-10-18-14-6-7-14/h1-5,8-9,11,14,18H,6-7,10H2. The van der Waals surface area contributed by atoms with Crippen LogP contribution in [0.15, 0.2) is 42.5 Å². The summed E-state index contributed by atoms with van der Waals surface area (Å²) in [5.41, 5.74) is 1.19. The van der Waals surface area contributed by atoms with Crippen LogP contribution in [0.1, 0.15) is 17.7 Å². The van der Waals surface area contributed by atoms with Crippen molar-refractivity contribution in [2.24, 2.45) is 0 Å². The Hall–Kier alpha value is -1.09. The van der Waals surface area contributed by atoms with Gasteiger partial charge in [0.2, 0.25) is 0 Å². The average molecular weight is 290 g/mol. The van der Waals surface area contributed by atoms with Crippen LogP contribution >= 0.6 is 22.9 Å². The Morgan fingerprint density at radius 1 is 1.26 bits per heavy atom. The summed E-state index contributed by atoms with van der Waals surface area (Å²) >= 11 is 7.82. The molecule has 1 N–H and O–H groups in total. The minimum absolute atomic E-state index is 0.773. The van der Waals surface area contributed by atoms with Gasteiger partial charge in [-0.3, -0.25) is 0 Å². The highest BCUT2D eigenvalue weighted by molar-refractivity contribution is 7.16. The highest BCUT2D eigenvalue weighted by atomic mass is 35.5.